The molecule has 0 aliphatic heterocycles. The Labute approximate surface area is 108 Å². The van der Waals surface area contributed by atoms with Crippen LogP contribution in [0.15, 0.2) is 28.8 Å². The van der Waals surface area contributed by atoms with E-state index in [0.29, 0.717) is 5.56 Å². The molecule has 0 spiro atoms. The van der Waals surface area contributed by atoms with Crippen LogP contribution in [0, 0.1) is 0 Å². The molecule has 0 saturated heterocycles. The number of hydrogen-bond donors (Lipinski definition) is 1. The van der Waals surface area contributed by atoms with E-state index in [0.717, 1.165) is 0 Å². The number of aromatic carboxylic acids is 1. The summed E-state index contributed by atoms with van der Waals surface area (Å²) in [6.07, 6.45) is 0. The highest BCUT2D eigenvalue weighted by Crippen LogP contribution is 2.34. The molecule has 0 radical (unpaired) electrons. The number of nitrogens with zero attached hydrogens (tertiary/aromatic N) is 2. The zero-order valence-electron chi connectivity index (χ0n) is 8.60. The zero-order valence-corrected chi connectivity index (χ0v) is 10.2. The van der Waals surface area contributed by atoms with Gasteiger partial charge in [0.25, 0.3) is 0 Å². The van der Waals surface area contributed by atoms with Crippen molar-refractivity contribution in [1.29, 1.82) is 0 Å². The molecule has 1 heterocycles. The van der Waals surface area contributed by atoms with Crippen LogP contribution in [-0.2, 0) is 4.83 Å². The Kier molecular flexibility index (Phi) is 3.12. The molecule has 94 valence electrons. The van der Waals surface area contributed by atoms with Crippen molar-refractivity contribution in [3.63, 3.8) is 0 Å². The third kappa shape index (κ3) is 2.53. The van der Waals surface area contributed by atoms with Gasteiger partial charge in [-0.3, -0.25) is 0 Å². The number of carboxylic acid groups (broad SMARTS) is 1. The maximum atomic E-state index is 12.8. The SMILES string of the molecule is O=C(O)c1ccc(-c2noc(C(F)(F)Br)n2)cc1. The molecule has 18 heavy (non-hydrogen) atoms. The quantitative estimate of drug-likeness (QED) is 0.880. The average molecular weight is 319 g/mol. The lowest BCUT2D eigenvalue weighted by molar-refractivity contribution is 0.0696. The first-order chi connectivity index (χ1) is 8.38. The van der Waals surface area contributed by atoms with Crippen molar-refractivity contribution in [1.82, 2.24) is 10.1 Å². The Hall–Kier alpha value is -1.83. The highest BCUT2D eigenvalue weighted by molar-refractivity contribution is 9.09. The first kappa shape index (κ1) is 12.6. The van der Waals surface area contributed by atoms with Crippen LogP contribution in [0.3, 0.4) is 0 Å². The molecule has 0 saturated carbocycles. The Balaban J connectivity index is 2.32. The summed E-state index contributed by atoms with van der Waals surface area (Å²) in [4.78, 5) is 10.7. The molecular weight excluding hydrogens is 314 g/mol. The van der Waals surface area contributed by atoms with E-state index in [-0.39, 0.29) is 11.4 Å². The van der Waals surface area contributed by atoms with E-state index in [1.165, 1.54) is 24.3 Å². The topological polar surface area (TPSA) is 76.2 Å². The van der Waals surface area contributed by atoms with E-state index in [1.54, 1.807) is 0 Å². The summed E-state index contributed by atoms with van der Waals surface area (Å²) in [7, 11) is 0. The Morgan fingerprint density at radius 3 is 2.39 bits per heavy atom. The summed E-state index contributed by atoms with van der Waals surface area (Å²) in [6, 6.07) is 5.45. The van der Waals surface area contributed by atoms with Crippen molar-refractivity contribution < 1.29 is 23.2 Å². The summed E-state index contributed by atoms with van der Waals surface area (Å²) < 4.78 is 30.0. The summed E-state index contributed by atoms with van der Waals surface area (Å²) in [5.41, 5.74) is 0.458. The van der Waals surface area contributed by atoms with Gasteiger partial charge in [0.05, 0.1) is 5.56 Å². The Morgan fingerprint density at radius 2 is 1.94 bits per heavy atom. The lowest BCUT2D eigenvalue weighted by Crippen LogP contribution is -2.02. The molecule has 8 heteroatoms. The van der Waals surface area contributed by atoms with Crippen molar-refractivity contribution in [2.45, 2.75) is 4.83 Å². The minimum absolute atomic E-state index is 0.0407. The zero-order chi connectivity index (χ0) is 13.3. The third-order valence-electron chi connectivity index (χ3n) is 2.06. The second-order valence-electron chi connectivity index (χ2n) is 3.30. The summed E-state index contributed by atoms with van der Waals surface area (Å²) >= 11 is 2.10. The lowest BCUT2D eigenvalue weighted by atomic mass is 10.1. The minimum atomic E-state index is -3.39. The molecule has 0 atom stereocenters. The van der Waals surface area contributed by atoms with Gasteiger partial charge in [-0.2, -0.15) is 13.8 Å². The van der Waals surface area contributed by atoms with E-state index >= 15 is 0 Å². The van der Waals surface area contributed by atoms with Crippen LogP contribution >= 0.6 is 15.9 Å². The first-order valence-corrected chi connectivity index (χ1v) is 5.42. The Bertz CT molecular complexity index is 578. The average Bonchev–Trinajstić information content (AvgIpc) is 2.78. The van der Waals surface area contributed by atoms with Gasteiger partial charge in [0.1, 0.15) is 0 Å². The van der Waals surface area contributed by atoms with Crippen molar-refractivity contribution in [2.24, 2.45) is 0 Å². The number of rotatable bonds is 3. The van der Waals surface area contributed by atoms with Crippen molar-refractivity contribution >= 4 is 21.9 Å². The van der Waals surface area contributed by atoms with Crippen LogP contribution in [0.5, 0.6) is 0 Å². The summed E-state index contributed by atoms with van der Waals surface area (Å²) in [5, 5.41) is 12.1. The van der Waals surface area contributed by atoms with Crippen molar-refractivity contribution in [3.05, 3.63) is 35.7 Å². The standard InChI is InChI=1S/C10H5BrF2N2O3/c11-10(12,13)9-14-7(15-18-9)5-1-3-6(4-2-5)8(16)17/h1-4H,(H,16,17). The molecule has 2 rings (SSSR count). The number of carbonyl (C=O) groups is 1. The van der Waals surface area contributed by atoms with Crippen LogP contribution in [0.2, 0.25) is 0 Å². The first-order valence-electron chi connectivity index (χ1n) is 4.62. The van der Waals surface area contributed by atoms with Gasteiger partial charge in [0.15, 0.2) is 0 Å². The third-order valence-corrected chi connectivity index (χ3v) is 2.40. The maximum Gasteiger partial charge on any atom is 0.378 e. The molecule has 5 nitrogen and oxygen atoms in total. The van der Waals surface area contributed by atoms with Crippen molar-refractivity contribution in [2.75, 3.05) is 0 Å². The molecule has 0 bridgehead atoms. The number of carboxylic acids is 1. The van der Waals surface area contributed by atoms with Gasteiger partial charge in [0, 0.05) is 21.5 Å². The van der Waals surface area contributed by atoms with Crippen LogP contribution in [0.4, 0.5) is 8.78 Å². The van der Waals surface area contributed by atoms with Gasteiger partial charge >= 0.3 is 16.7 Å². The van der Waals surface area contributed by atoms with Gasteiger partial charge in [-0.15, -0.1) is 0 Å². The van der Waals surface area contributed by atoms with Crippen LogP contribution in [-0.4, -0.2) is 21.2 Å². The molecular formula is C10H5BrF2N2O3. The predicted molar refractivity (Wildman–Crippen MR) is 59.5 cm³/mol. The molecule has 0 aliphatic rings. The molecule has 0 amide bonds. The molecule has 1 aromatic heterocycles. The van der Waals surface area contributed by atoms with Crippen LogP contribution in [0.1, 0.15) is 16.2 Å². The lowest BCUT2D eigenvalue weighted by Gasteiger charge is -1.98. The highest BCUT2D eigenvalue weighted by atomic mass is 79.9. The Morgan fingerprint density at radius 1 is 1.33 bits per heavy atom. The van der Waals surface area contributed by atoms with E-state index in [9.17, 15) is 13.6 Å². The fourth-order valence-electron chi connectivity index (χ4n) is 1.22. The van der Waals surface area contributed by atoms with Gasteiger partial charge in [-0.25, -0.2) is 4.79 Å². The second-order valence-corrected chi connectivity index (χ2v) is 4.30. The monoisotopic (exact) mass is 318 g/mol. The highest BCUT2D eigenvalue weighted by Gasteiger charge is 2.34. The van der Waals surface area contributed by atoms with E-state index in [4.69, 9.17) is 5.11 Å². The van der Waals surface area contributed by atoms with Crippen LogP contribution < -0.4 is 0 Å². The number of aromatic nitrogens is 2. The molecule has 0 fully saturated rings. The largest absolute Gasteiger partial charge is 0.478 e. The molecule has 2 aromatic rings. The van der Waals surface area contributed by atoms with Gasteiger partial charge < -0.3 is 9.63 Å². The summed E-state index contributed by atoms with van der Waals surface area (Å²) in [6.45, 7) is 0. The maximum absolute atomic E-state index is 12.8. The van der Waals surface area contributed by atoms with E-state index < -0.39 is 16.7 Å². The fraction of sp³-hybridized carbons (Fsp3) is 0.100. The number of hydrogen-bond acceptors (Lipinski definition) is 4. The number of alkyl halides is 3. The molecule has 1 aromatic carbocycles. The van der Waals surface area contributed by atoms with E-state index in [2.05, 4.69) is 30.6 Å². The van der Waals surface area contributed by atoms with Crippen molar-refractivity contribution in [3.8, 4) is 11.4 Å². The second kappa shape index (κ2) is 4.45. The van der Waals surface area contributed by atoms with E-state index in [1.807, 2.05) is 0 Å². The number of halogens is 3. The van der Waals surface area contributed by atoms with Gasteiger partial charge in [-0.05, 0) is 12.1 Å². The predicted octanol–water partition coefficient (Wildman–Crippen LogP) is 2.88. The number of benzene rings is 1. The molecule has 1 N–H and O–H groups in total. The smallest absolute Gasteiger partial charge is 0.378 e. The normalized spacial score (nSPS) is 11.5. The molecule has 0 aliphatic carbocycles. The van der Waals surface area contributed by atoms with Gasteiger partial charge in [0.2, 0.25) is 5.82 Å². The summed E-state index contributed by atoms with van der Waals surface area (Å²) in [5.74, 6) is -1.98. The van der Waals surface area contributed by atoms with Gasteiger partial charge in [-0.1, -0.05) is 17.3 Å². The van der Waals surface area contributed by atoms with Crippen LogP contribution in [0.25, 0.3) is 11.4 Å². The minimum Gasteiger partial charge on any atom is -0.478 e. The molecule has 0 unspecified atom stereocenters. The fourth-order valence-corrected chi connectivity index (χ4v) is 1.38.